The Hall–Kier alpha value is -1.24. The summed E-state index contributed by atoms with van der Waals surface area (Å²) in [6, 6.07) is 0. The monoisotopic (exact) mass is 136 g/mol. The molecule has 0 aromatic heterocycles. The van der Waals surface area contributed by atoms with Gasteiger partial charge >= 0.3 is 11.4 Å². The Balaban J connectivity index is 2.89. The largest absolute Gasteiger partial charge is 0.375 e. The van der Waals surface area contributed by atoms with Crippen LogP contribution >= 0.6 is 0 Å². The lowest BCUT2D eigenvalue weighted by Gasteiger charge is -1.98. The Bertz CT molecular complexity index is 204. The minimum Gasteiger partial charge on any atom is -0.361 e. The lowest BCUT2D eigenvalue weighted by molar-refractivity contribution is -0.0300. The molecule has 1 aliphatic rings. The van der Waals surface area contributed by atoms with Crippen molar-refractivity contribution in [3.05, 3.63) is 11.1 Å². The Morgan fingerprint density at radius 1 is 0.900 bits per heavy atom. The van der Waals surface area contributed by atoms with Crippen molar-refractivity contribution >= 4 is 11.4 Å². The number of nitrogens with zero attached hydrogens (tertiary/aromatic N) is 4. The van der Waals surface area contributed by atoms with E-state index in [9.17, 15) is 0 Å². The van der Waals surface area contributed by atoms with Gasteiger partial charge in [-0.1, -0.05) is 0 Å². The van der Waals surface area contributed by atoms with Gasteiger partial charge in [-0.15, -0.1) is 0 Å². The highest BCUT2D eigenvalue weighted by molar-refractivity contribution is 6.38. The van der Waals surface area contributed by atoms with E-state index >= 15 is 0 Å². The van der Waals surface area contributed by atoms with E-state index in [-0.39, 0.29) is 0 Å². The van der Waals surface area contributed by atoms with Crippen molar-refractivity contribution in [2.75, 3.05) is 0 Å². The third kappa shape index (κ3) is 1.18. The second-order valence-electron chi connectivity index (χ2n) is 2.30. The maximum absolute atomic E-state index is 8.39. The molecule has 0 unspecified atom stereocenters. The van der Waals surface area contributed by atoms with E-state index in [1.54, 1.807) is 0 Å². The highest BCUT2D eigenvalue weighted by Crippen LogP contribution is 2.09. The smallest absolute Gasteiger partial charge is 0.361 e. The van der Waals surface area contributed by atoms with Gasteiger partial charge in [-0.3, -0.25) is 0 Å². The highest BCUT2D eigenvalue weighted by atomic mass is 14.9. The lowest BCUT2D eigenvalue weighted by atomic mass is 9.97. The first-order valence-electron chi connectivity index (χ1n) is 3.30. The highest BCUT2D eigenvalue weighted by Gasteiger charge is 2.28. The number of rotatable bonds is 0. The molecule has 0 atom stereocenters. The number of hydrogen-bond donors (Lipinski definition) is 0. The first kappa shape index (κ1) is 6.87. The summed E-state index contributed by atoms with van der Waals surface area (Å²) in [6.07, 6.45) is 3.46. The summed E-state index contributed by atoms with van der Waals surface area (Å²) in [5.41, 5.74) is 17.8. The van der Waals surface area contributed by atoms with Crippen LogP contribution in [-0.2, 0) is 0 Å². The Morgan fingerprint density at radius 2 is 1.30 bits per heavy atom. The summed E-state index contributed by atoms with van der Waals surface area (Å²) in [5, 5.41) is 0. The molecule has 0 aromatic rings. The summed E-state index contributed by atoms with van der Waals surface area (Å²) in [7, 11) is 0. The second kappa shape index (κ2) is 3.06. The van der Waals surface area contributed by atoms with Crippen LogP contribution in [-0.4, -0.2) is 21.0 Å². The zero-order valence-corrected chi connectivity index (χ0v) is 5.62. The normalized spacial score (nSPS) is 18.0. The van der Waals surface area contributed by atoms with Gasteiger partial charge in [0.25, 0.3) is 0 Å². The predicted octanol–water partition coefficient (Wildman–Crippen LogP) is 0.902. The van der Waals surface area contributed by atoms with Crippen molar-refractivity contribution in [2.24, 2.45) is 0 Å². The van der Waals surface area contributed by atoms with Gasteiger partial charge in [0.15, 0.2) is 0 Å². The van der Waals surface area contributed by atoms with Gasteiger partial charge in [-0.25, -0.2) is 0 Å². The summed E-state index contributed by atoms with van der Waals surface area (Å²) >= 11 is 0. The fraction of sp³-hybridized carbons (Fsp3) is 0.667. The van der Waals surface area contributed by atoms with Crippen LogP contribution in [0.1, 0.15) is 25.7 Å². The standard InChI is InChI=1S/C6H8N4/c7-9-5-3-1-2-4-6(5)10-8/h1-4H2. The molecule has 10 heavy (non-hydrogen) atoms. The van der Waals surface area contributed by atoms with E-state index in [4.69, 9.17) is 11.1 Å². The predicted molar refractivity (Wildman–Crippen MR) is 35.7 cm³/mol. The molecule has 4 nitrogen and oxygen atoms in total. The molecule has 0 aromatic carbocycles. The molecule has 0 radical (unpaired) electrons. The molecule has 0 N–H and O–H groups in total. The van der Waals surface area contributed by atoms with Crippen molar-refractivity contribution < 1.29 is 9.58 Å². The third-order valence-corrected chi connectivity index (χ3v) is 1.65. The van der Waals surface area contributed by atoms with Crippen LogP contribution < -0.4 is 0 Å². The molecular formula is C6H8N4. The van der Waals surface area contributed by atoms with Crippen LogP contribution in [0.5, 0.6) is 0 Å². The van der Waals surface area contributed by atoms with Gasteiger partial charge < -0.3 is 11.1 Å². The van der Waals surface area contributed by atoms with Crippen LogP contribution in [0.15, 0.2) is 0 Å². The fourth-order valence-corrected chi connectivity index (χ4v) is 1.09. The van der Waals surface area contributed by atoms with Crippen molar-refractivity contribution in [1.82, 2.24) is 0 Å². The van der Waals surface area contributed by atoms with Gasteiger partial charge in [0.2, 0.25) is 0 Å². The van der Waals surface area contributed by atoms with Gasteiger partial charge in [0.1, 0.15) is 0 Å². The van der Waals surface area contributed by atoms with E-state index in [0.29, 0.717) is 11.4 Å². The van der Waals surface area contributed by atoms with Crippen LogP contribution in [0.4, 0.5) is 0 Å². The zero-order chi connectivity index (χ0) is 7.40. The first-order valence-corrected chi connectivity index (χ1v) is 3.30. The van der Waals surface area contributed by atoms with Crippen molar-refractivity contribution in [1.29, 1.82) is 0 Å². The second-order valence-corrected chi connectivity index (χ2v) is 2.30. The molecule has 0 amide bonds. The van der Waals surface area contributed by atoms with E-state index in [2.05, 4.69) is 9.58 Å². The van der Waals surface area contributed by atoms with Crippen LogP contribution in [0.3, 0.4) is 0 Å². The van der Waals surface area contributed by atoms with Gasteiger partial charge in [0.05, 0.1) is 12.8 Å². The average Bonchev–Trinajstić information content (AvgIpc) is 2.04. The molecule has 1 rings (SSSR count). The van der Waals surface area contributed by atoms with Crippen molar-refractivity contribution in [3.63, 3.8) is 0 Å². The molecule has 0 bridgehead atoms. The van der Waals surface area contributed by atoms with E-state index < -0.39 is 0 Å². The summed E-state index contributed by atoms with van der Waals surface area (Å²) in [4.78, 5) is 6.05. The molecule has 52 valence electrons. The number of hydrogen-bond acceptors (Lipinski definition) is 0. The zero-order valence-electron chi connectivity index (χ0n) is 5.62. The average molecular weight is 136 g/mol. The molecule has 0 saturated heterocycles. The van der Waals surface area contributed by atoms with Crippen LogP contribution in [0.2, 0.25) is 0 Å². The summed E-state index contributed by atoms with van der Waals surface area (Å²) in [6.45, 7) is 0. The molecular weight excluding hydrogens is 128 g/mol. The SMILES string of the molecule is [N-]=[N+]=C1CCCCC1=[N+]=[N-]. The van der Waals surface area contributed by atoms with Crippen LogP contribution in [0.25, 0.3) is 11.1 Å². The van der Waals surface area contributed by atoms with Gasteiger partial charge in [0, 0.05) is 0 Å². The van der Waals surface area contributed by atoms with E-state index in [1.165, 1.54) is 0 Å². The molecule has 0 spiro atoms. The molecule has 0 aliphatic heterocycles. The van der Waals surface area contributed by atoms with E-state index in [1.807, 2.05) is 0 Å². The first-order chi connectivity index (χ1) is 4.88. The maximum atomic E-state index is 8.39. The summed E-state index contributed by atoms with van der Waals surface area (Å²) in [5.74, 6) is 0. The molecule has 1 fully saturated rings. The minimum atomic E-state index is 0.522. The molecule has 4 heteroatoms. The molecule has 1 saturated carbocycles. The third-order valence-electron chi connectivity index (χ3n) is 1.65. The lowest BCUT2D eigenvalue weighted by Crippen LogP contribution is -2.20. The maximum Gasteiger partial charge on any atom is 0.375 e. The minimum absolute atomic E-state index is 0.522. The topological polar surface area (TPSA) is 72.8 Å². The van der Waals surface area contributed by atoms with Crippen molar-refractivity contribution in [3.8, 4) is 0 Å². The fourth-order valence-electron chi connectivity index (χ4n) is 1.09. The Kier molecular flexibility index (Phi) is 2.11. The Labute approximate surface area is 58.7 Å². The van der Waals surface area contributed by atoms with Gasteiger partial charge in [-0.2, -0.15) is 9.58 Å². The quantitative estimate of drug-likeness (QED) is 0.350. The molecule has 0 heterocycles. The van der Waals surface area contributed by atoms with E-state index in [0.717, 1.165) is 25.7 Å². The Morgan fingerprint density at radius 3 is 1.60 bits per heavy atom. The van der Waals surface area contributed by atoms with Crippen molar-refractivity contribution in [2.45, 2.75) is 25.7 Å². The summed E-state index contributed by atoms with van der Waals surface area (Å²) < 4.78 is 0. The molecule has 1 aliphatic carbocycles. The van der Waals surface area contributed by atoms with Crippen LogP contribution in [0, 0.1) is 0 Å². The van der Waals surface area contributed by atoms with Gasteiger partial charge in [-0.05, 0) is 12.8 Å².